The number of benzene rings is 2. The van der Waals surface area contributed by atoms with Crippen molar-refractivity contribution in [3.63, 3.8) is 0 Å². The lowest BCUT2D eigenvalue weighted by atomic mass is 10.0. The van der Waals surface area contributed by atoms with Crippen molar-refractivity contribution in [3.8, 4) is 6.07 Å². The Kier molecular flexibility index (Phi) is 7.70. The average molecular weight is 499 g/mol. The van der Waals surface area contributed by atoms with Crippen molar-refractivity contribution in [2.24, 2.45) is 0 Å². The van der Waals surface area contributed by atoms with Gasteiger partial charge in [0.05, 0.1) is 5.56 Å². The number of nitriles is 1. The minimum atomic E-state index is -0.669. The number of amides is 2. The van der Waals surface area contributed by atoms with Crippen LogP contribution in [0.15, 0.2) is 30.3 Å². The number of carbonyl (C=O) groups excluding carboxylic acids is 2. The molecule has 2 aromatic rings. The minimum absolute atomic E-state index is 0.0620. The zero-order valence-electron chi connectivity index (χ0n) is 19.8. The summed E-state index contributed by atoms with van der Waals surface area (Å²) in [5.74, 6) is -1.04. The number of nitrogens with zero attached hydrogens (tertiary/aromatic N) is 3. The SMILES string of the molecule is Cc1c(CN2CCN(C(=O)[C@H]3CCCO3)[C@@H](C)C2)cc(Cl)cc1NC(=O)c1ccc(F)c(C#N)c1. The molecule has 0 radical (unpaired) electrons. The van der Waals surface area contributed by atoms with E-state index in [1.54, 1.807) is 12.1 Å². The van der Waals surface area contributed by atoms with E-state index in [9.17, 15) is 14.0 Å². The van der Waals surface area contributed by atoms with Gasteiger partial charge in [-0.05, 0) is 68.1 Å². The fourth-order valence-corrected chi connectivity index (χ4v) is 4.92. The molecule has 2 saturated heterocycles. The summed E-state index contributed by atoms with van der Waals surface area (Å²) in [5.41, 5.74) is 2.39. The highest BCUT2D eigenvalue weighted by atomic mass is 35.5. The van der Waals surface area contributed by atoms with Crippen molar-refractivity contribution in [2.75, 3.05) is 31.6 Å². The topological polar surface area (TPSA) is 85.7 Å². The number of rotatable bonds is 5. The third-order valence-corrected chi connectivity index (χ3v) is 6.89. The minimum Gasteiger partial charge on any atom is -0.368 e. The predicted octanol–water partition coefficient (Wildman–Crippen LogP) is 4.12. The Morgan fingerprint density at radius 2 is 2.09 bits per heavy atom. The molecule has 4 rings (SSSR count). The molecule has 2 heterocycles. The lowest BCUT2D eigenvalue weighted by Crippen LogP contribution is -2.55. The first-order chi connectivity index (χ1) is 16.8. The van der Waals surface area contributed by atoms with Crippen LogP contribution in [0.25, 0.3) is 0 Å². The Bertz CT molecular complexity index is 1180. The van der Waals surface area contributed by atoms with Crippen molar-refractivity contribution < 1.29 is 18.7 Å². The molecular formula is C26H28ClFN4O3. The zero-order chi connectivity index (χ0) is 25.1. The summed E-state index contributed by atoms with van der Waals surface area (Å²) in [6, 6.07) is 9.03. The number of anilines is 1. The first-order valence-corrected chi connectivity index (χ1v) is 12.1. The van der Waals surface area contributed by atoms with Crippen LogP contribution in [0, 0.1) is 24.1 Å². The number of halogens is 2. The fraction of sp³-hybridized carbons (Fsp3) is 0.423. The first-order valence-electron chi connectivity index (χ1n) is 11.7. The van der Waals surface area contributed by atoms with E-state index in [0.29, 0.717) is 30.4 Å². The lowest BCUT2D eigenvalue weighted by molar-refractivity contribution is -0.145. The van der Waals surface area contributed by atoms with E-state index in [-0.39, 0.29) is 29.2 Å². The predicted molar refractivity (Wildman–Crippen MR) is 131 cm³/mol. The molecule has 1 N–H and O–H groups in total. The zero-order valence-corrected chi connectivity index (χ0v) is 20.6. The van der Waals surface area contributed by atoms with Gasteiger partial charge in [-0.1, -0.05) is 11.6 Å². The normalized spacial score (nSPS) is 20.5. The van der Waals surface area contributed by atoms with Crippen molar-refractivity contribution in [3.05, 3.63) is 63.4 Å². The largest absolute Gasteiger partial charge is 0.368 e. The van der Waals surface area contributed by atoms with Gasteiger partial charge in [0.2, 0.25) is 0 Å². The van der Waals surface area contributed by atoms with Crippen LogP contribution in [0.4, 0.5) is 10.1 Å². The molecule has 0 saturated carbocycles. The molecule has 0 aromatic heterocycles. The molecule has 2 fully saturated rings. The van der Waals surface area contributed by atoms with Crippen LogP contribution in [0.1, 0.15) is 46.8 Å². The van der Waals surface area contributed by atoms with Gasteiger partial charge in [0.25, 0.3) is 11.8 Å². The van der Waals surface area contributed by atoms with E-state index in [0.717, 1.165) is 43.1 Å². The second-order valence-corrected chi connectivity index (χ2v) is 9.55. The third kappa shape index (κ3) is 5.64. The lowest BCUT2D eigenvalue weighted by Gasteiger charge is -2.41. The summed E-state index contributed by atoms with van der Waals surface area (Å²) in [6.07, 6.45) is 1.41. The number of hydrogen-bond donors (Lipinski definition) is 1. The highest BCUT2D eigenvalue weighted by Gasteiger charge is 2.34. The van der Waals surface area contributed by atoms with Crippen LogP contribution >= 0.6 is 11.6 Å². The Morgan fingerprint density at radius 3 is 2.77 bits per heavy atom. The Morgan fingerprint density at radius 1 is 1.29 bits per heavy atom. The van der Waals surface area contributed by atoms with E-state index >= 15 is 0 Å². The molecule has 0 spiro atoms. The average Bonchev–Trinajstić information content (AvgIpc) is 3.37. The van der Waals surface area contributed by atoms with Gasteiger partial charge in [0, 0.05) is 55.1 Å². The third-order valence-electron chi connectivity index (χ3n) is 6.67. The molecule has 2 aliphatic heterocycles. The van der Waals surface area contributed by atoms with Crippen LogP contribution in [-0.2, 0) is 16.1 Å². The molecule has 2 amide bonds. The number of nitrogens with one attached hydrogen (secondary N) is 1. The summed E-state index contributed by atoms with van der Waals surface area (Å²) in [6.45, 7) is 7.31. The first kappa shape index (κ1) is 25.1. The monoisotopic (exact) mass is 498 g/mol. The van der Waals surface area contributed by atoms with Gasteiger partial charge in [-0.25, -0.2) is 4.39 Å². The van der Waals surface area contributed by atoms with E-state index in [1.165, 1.54) is 12.1 Å². The van der Waals surface area contributed by atoms with Gasteiger partial charge in [-0.15, -0.1) is 0 Å². The van der Waals surface area contributed by atoms with Crippen molar-refractivity contribution in [1.29, 1.82) is 5.26 Å². The van der Waals surface area contributed by atoms with Crippen LogP contribution in [-0.4, -0.2) is 60.0 Å². The Balaban J connectivity index is 1.44. The standard InChI is InChI=1S/C26H28ClFN4O3/c1-16-14-31(7-8-32(16)26(34)24-4-3-9-35-24)15-20-11-21(27)12-23(17(20)2)30-25(33)18-5-6-22(28)19(10-18)13-29/h5-6,10-12,16,24H,3-4,7-9,14-15H2,1-2H3,(H,30,33)/t16-,24+/m0/s1. The maximum atomic E-state index is 13.6. The van der Waals surface area contributed by atoms with Crippen LogP contribution in [0.2, 0.25) is 5.02 Å². The fourth-order valence-electron chi connectivity index (χ4n) is 4.68. The van der Waals surface area contributed by atoms with E-state index in [1.807, 2.05) is 24.8 Å². The van der Waals surface area contributed by atoms with E-state index < -0.39 is 11.7 Å². The molecule has 7 nitrogen and oxygen atoms in total. The summed E-state index contributed by atoms with van der Waals surface area (Å²) < 4.78 is 19.2. The molecule has 0 aliphatic carbocycles. The van der Waals surface area contributed by atoms with Crippen molar-refractivity contribution >= 4 is 29.1 Å². The van der Waals surface area contributed by atoms with E-state index in [4.69, 9.17) is 21.6 Å². The maximum Gasteiger partial charge on any atom is 0.255 e. The number of ether oxygens (including phenoxy) is 1. The van der Waals surface area contributed by atoms with Gasteiger partial charge >= 0.3 is 0 Å². The molecular weight excluding hydrogens is 471 g/mol. The molecule has 9 heteroatoms. The van der Waals surface area contributed by atoms with E-state index in [2.05, 4.69) is 10.2 Å². The van der Waals surface area contributed by atoms with Crippen molar-refractivity contribution in [2.45, 2.75) is 45.4 Å². The summed E-state index contributed by atoms with van der Waals surface area (Å²) >= 11 is 6.37. The second kappa shape index (κ2) is 10.7. The van der Waals surface area contributed by atoms with Crippen molar-refractivity contribution in [1.82, 2.24) is 9.80 Å². The van der Waals surface area contributed by atoms with Crippen LogP contribution in [0.5, 0.6) is 0 Å². The molecule has 184 valence electrons. The van der Waals surface area contributed by atoms with Crippen LogP contribution < -0.4 is 5.32 Å². The summed E-state index contributed by atoms with van der Waals surface area (Å²) in [7, 11) is 0. The molecule has 2 atom stereocenters. The highest BCUT2D eigenvalue weighted by Crippen LogP contribution is 2.28. The van der Waals surface area contributed by atoms with Gasteiger partial charge in [-0.2, -0.15) is 5.26 Å². The van der Waals surface area contributed by atoms with Gasteiger partial charge in [-0.3, -0.25) is 14.5 Å². The molecule has 2 aromatic carbocycles. The smallest absolute Gasteiger partial charge is 0.255 e. The van der Waals surface area contributed by atoms with Crippen LogP contribution in [0.3, 0.4) is 0 Å². The number of piperazine rings is 1. The summed E-state index contributed by atoms with van der Waals surface area (Å²) in [5, 5.41) is 12.4. The number of carbonyl (C=O) groups is 2. The number of hydrogen-bond acceptors (Lipinski definition) is 5. The molecule has 0 unspecified atom stereocenters. The highest BCUT2D eigenvalue weighted by molar-refractivity contribution is 6.31. The van der Waals surface area contributed by atoms with Gasteiger partial charge < -0.3 is 15.0 Å². The Labute approximate surface area is 209 Å². The van der Waals surface area contributed by atoms with Gasteiger partial charge in [0.1, 0.15) is 18.0 Å². The molecule has 0 bridgehead atoms. The second-order valence-electron chi connectivity index (χ2n) is 9.12. The Hall–Kier alpha value is -2.99. The maximum absolute atomic E-state index is 13.6. The molecule has 35 heavy (non-hydrogen) atoms. The quantitative estimate of drug-likeness (QED) is 0.670. The summed E-state index contributed by atoms with van der Waals surface area (Å²) in [4.78, 5) is 29.7. The van der Waals surface area contributed by atoms with Gasteiger partial charge in [0.15, 0.2) is 0 Å². The molecule has 2 aliphatic rings.